The maximum atomic E-state index is 13.3. The lowest BCUT2D eigenvalue weighted by molar-refractivity contribution is 0.0509. The zero-order chi connectivity index (χ0) is 20.9. The maximum absolute atomic E-state index is 13.3. The number of hydrogen-bond acceptors (Lipinski definition) is 5. The minimum Gasteiger partial charge on any atom is -0.444 e. The maximum Gasteiger partial charge on any atom is 0.291 e. The molecule has 2 amide bonds. The summed E-state index contributed by atoms with van der Waals surface area (Å²) in [7, 11) is 0. The van der Waals surface area contributed by atoms with E-state index < -0.39 is 0 Å². The van der Waals surface area contributed by atoms with E-state index in [1.807, 2.05) is 22.4 Å². The van der Waals surface area contributed by atoms with Gasteiger partial charge < -0.3 is 19.4 Å². The molecule has 1 aliphatic heterocycles. The highest BCUT2D eigenvalue weighted by Gasteiger charge is 2.24. The van der Waals surface area contributed by atoms with Crippen molar-refractivity contribution in [2.75, 3.05) is 18.5 Å². The van der Waals surface area contributed by atoms with E-state index in [-0.39, 0.29) is 23.7 Å². The second-order valence-corrected chi connectivity index (χ2v) is 8.85. The summed E-state index contributed by atoms with van der Waals surface area (Å²) in [6.45, 7) is 1.83. The average molecular weight is 489 g/mol. The van der Waals surface area contributed by atoms with Crippen LogP contribution < -0.4 is 5.32 Å². The monoisotopic (exact) mass is 488 g/mol. The SMILES string of the molecule is O=C(Nc1cccc(C(=O)N(Cc2cccs2)CC2CCCO2)c1)c1ccc(Br)o1. The van der Waals surface area contributed by atoms with E-state index in [1.165, 1.54) is 0 Å². The van der Waals surface area contributed by atoms with Crippen LogP contribution in [0, 0.1) is 0 Å². The van der Waals surface area contributed by atoms with Crippen molar-refractivity contribution >= 4 is 44.8 Å². The van der Waals surface area contributed by atoms with Crippen LogP contribution >= 0.6 is 27.3 Å². The Kier molecular flexibility index (Phi) is 6.66. The Hall–Kier alpha value is -2.42. The fraction of sp³-hybridized carbons (Fsp3) is 0.273. The van der Waals surface area contributed by atoms with E-state index in [9.17, 15) is 9.59 Å². The van der Waals surface area contributed by atoms with Gasteiger partial charge in [-0.05, 0) is 70.5 Å². The third-order valence-corrected chi connectivity index (χ3v) is 6.11. The number of furan rings is 1. The first-order valence-electron chi connectivity index (χ1n) is 9.68. The lowest BCUT2D eigenvalue weighted by Crippen LogP contribution is -2.36. The summed E-state index contributed by atoms with van der Waals surface area (Å²) in [4.78, 5) is 28.6. The summed E-state index contributed by atoms with van der Waals surface area (Å²) in [5, 5.41) is 4.78. The lowest BCUT2D eigenvalue weighted by atomic mass is 10.1. The molecule has 1 fully saturated rings. The Morgan fingerprint density at radius 3 is 2.80 bits per heavy atom. The number of nitrogens with zero attached hydrogens (tertiary/aromatic N) is 1. The van der Waals surface area contributed by atoms with Gasteiger partial charge in [-0.3, -0.25) is 9.59 Å². The molecule has 0 radical (unpaired) electrons. The van der Waals surface area contributed by atoms with Gasteiger partial charge in [0.1, 0.15) is 0 Å². The molecule has 1 atom stereocenters. The zero-order valence-electron chi connectivity index (χ0n) is 16.2. The molecule has 8 heteroatoms. The number of thiophene rings is 1. The van der Waals surface area contributed by atoms with Gasteiger partial charge in [0.2, 0.25) is 0 Å². The van der Waals surface area contributed by atoms with Crippen molar-refractivity contribution in [1.82, 2.24) is 4.90 Å². The number of carbonyl (C=O) groups excluding carboxylic acids is 2. The number of ether oxygens (including phenoxy) is 1. The second-order valence-electron chi connectivity index (χ2n) is 7.04. The molecule has 1 N–H and O–H groups in total. The topological polar surface area (TPSA) is 71.8 Å². The number of hydrogen-bond donors (Lipinski definition) is 1. The molecule has 30 heavy (non-hydrogen) atoms. The minimum absolute atomic E-state index is 0.0641. The van der Waals surface area contributed by atoms with Gasteiger partial charge in [-0.25, -0.2) is 0 Å². The van der Waals surface area contributed by atoms with Gasteiger partial charge >= 0.3 is 0 Å². The molecule has 3 heterocycles. The van der Waals surface area contributed by atoms with E-state index in [4.69, 9.17) is 9.15 Å². The van der Waals surface area contributed by atoms with Gasteiger partial charge in [0, 0.05) is 29.3 Å². The Morgan fingerprint density at radius 2 is 2.10 bits per heavy atom. The molecule has 1 aliphatic rings. The van der Waals surface area contributed by atoms with Crippen LogP contribution in [-0.2, 0) is 11.3 Å². The Balaban J connectivity index is 1.50. The number of carbonyl (C=O) groups is 2. The van der Waals surface area contributed by atoms with E-state index in [0.717, 1.165) is 24.3 Å². The normalized spacial score (nSPS) is 15.8. The van der Waals surface area contributed by atoms with Crippen LogP contribution in [0.3, 0.4) is 0 Å². The molecule has 156 valence electrons. The minimum atomic E-state index is -0.375. The zero-order valence-corrected chi connectivity index (χ0v) is 18.6. The van der Waals surface area contributed by atoms with Crippen LogP contribution in [0.15, 0.2) is 63.0 Å². The molecule has 0 aliphatic carbocycles. The molecule has 0 spiro atoms. The summed E-state index contributed by atoms with van der Waals surface area (Å²) >= 11 is 4.81. The molecule has 2 aromatic heterocycles. The number of benzene rings is 1. The molecule has 1 aromatic carbocycles. The summed E-state index contributed by atoms with van der Waals surface area (Å²) in [6, 6.07) is 14.2. The van der Waals surface area contributed by atoms with Crippen molar-refractivity contribution in [1.29, 1.82) is 0 Å². The third-order valence-electron chi connectivity index (χ3n) is 4.83. The Labute approximate surface area is 187 Å². The van der Waals surface area contributed by atoms with Crippen LogP contribution in [0.4, 0.5) is 5.69 Å². The summed E-state index contributed by atoms with van der Waals surface area (Å²) in [6.07, 6.45) is 2.05. The third kappa shape index (κ3) is 5.19. The molecule has 1 unspecified atom stereocenters. The van der Waals surface area contributed by atoms with Crippen molar-refractivity contribution in [2.24, 2.45) is 0 Å². The highest BCUT2D eigenvalue weighted by molar-refractivity contribution is 9.10. The number of nitrogens with one attached hydrogen (secondary N) is 1. The van der Waals surface area contributed by atoms with Gasteiger partial charge in [-0.1, -0.05) is 12.1 Å². The first-order valence-corrected chi connectivity index (χ1v) is 11.4. The molecule has 0 bridgehead atoms. The molecular weight excluding hydrogens is 468 g/mol. The van der Waals surface area contributed by atoms with E-state index in [1.54, 1.807) is 47.7 Å². The van der Waals surface area contributed by atoms with Crippen molar-refractivity contribution in [2.45, 2.75) is 25.5 Å². The van der Waals surface area contributed by atoms with Crippen molar-refractivity contribution in [3.05, 3.63) is 74.8 Å². The summed E-state index contributed by atoms with van der Waals surface area (Å²) in [5.74, 6) is -0.271. The summed E-state index contributed by atoms with van der Waals surface area (Å²) < 4.78 is 11.5. The molecule has 4 rings (SSSR count). The fourth-order valence-corrected chi connectivity index (χ4v) is 4.41. The van der Waals surface area contributed by atoms with Crippen LogP contribution in [0.1, 0.15) is 38.6 Å². The smallest absolute Gasteiger partial charge is 0.291 e. The number of amides is 2. The number of rotatable bonds is 7. The molecule has 1 saturated heterocycles. The quantitative estimate of drug-likeness (QED) is 0.497. The highest BCUT2D eigenvalue weighted by atomic mass is 79.9. The van der Waals surface area contributed by atoms with Gasteiger partial charge in [0.25, 0.3) is 11.8 Å². The van der Waals surface area contributed by atoms with Crippen LogP contribution in [0.5, 0.6) is 0 Å². The largest absolute Gasteiger partial charge is 0.444 e. The Bertz CT molecular complexity index is 1010. The predicted octanol–water partition coefficient (Wildman–Crippen LogP) is 5.18. The molecule has 0 saturated carbocycles. The van der Waals surface area contributed by atoms with E-state index in [0.29, 0.717) is 29.0 Å². The van der Waals surface area contributed by atoms with Gasteiger partial charge in [0.05, 0.1) is 12.6 Å². The first-order chi connectivity index (χ1) is 14.6. The standard InChI is InChI=1S/C22H21BrN2O4S/c23-20-9-8-19(29-20)21(26)24-16-5-1-4-15(12-16)22(27)25(13-17-6-2-10-28-17)14-18-7-3-11-30-18/h1,3-5,7-9,11-12,17H,2,6,10,13-14H2,(H,24,26). The summed E-state index contributed by atoms with van der Waals surface area (Å²) in [5.41, 5.74) is 1.05. The number of anilines is 1. The van der Waals surface area contributed by atoms with E-state index >= 15 is 0 Å². The lowest BCUT2D eigenvalue weighted by Gasteiger charge is -2.25. The molecule has 3 aromatic rings. The van der Waals surface area contributed by atoms with Crippen molar-refractivity contribution in [3.63, 3.8) is 0 Å². The van der Waals surface area contributed by atoms with Gasteiger partial charge in [-0.2, -0.15) is 0 Å². The van der Waals surface area contributed by atoms with Gasteiger partial charge in [0.15, 0.2) is 10.4 Å². The Morgan fingerprint density at radius 1 is 1.20 bits per heavy atom. The molecular formula is C22H21BrN2O4S. The van der Waals surface area contributed by atoms with Crippen molar-refractivity contribution in [3.8, 4) is 0 Å². The fourth-order valence-electron chi connectivity index (χ4n) is 3.39. The van der Waals surface area contributed by atoms with E-state index in [2.05, 4.69) is 21.2 Å². The van der Waals surface area contributed by atoms with Gasteiger partial charge in [-0.15, -0.1) is 11.3 Å². The first kappa shape index (κ1) is 20.8. The second kappa shape index (κ2) is 9.59. The predicted molar refractivity (Wildman–Crippen MR) is 119 cm³/mol. The number of halogens is 1. The van der Waals surface area contributed by atoms with Crippen molar-refractivity contribution < 1.29 is 18.7 Å². The van der Waals surface area contributed by atoms with Crippen LogP contribution in [-0.4, -0.2) is 36.0 Å². The van der Waals surface area contributed by atoms with Crippen LogP contribution in [0.25, 0.3) is 0 Å². The average Bonchev–Trinajstić information content (AvgIpc) is 3.50. The molecule has 6 nitrogen and oxygen atoms in total. The van der Waals surface area contributed by atoms with Crippen LogP contribution in [0.2, 0.25) is 0 Å². The highest BCUT2D eigenvalue weighted by Crippen LogP contribution is 2.21.